The Bertz CT molecular complexity index is 1690. The Labute approximate surface area is 216 Å². The standard InChI is InChI=1S/C34H27ClO/c35-25-7-10-33-29(18-25)28-17-22(6-9-32(28)36-33)21-5-8-31-27(16-21)26-3-1-2-4-30(26)34(31)23-12-19-11-20(14-23)15-24(34)13-19/h1-10,16-20,23-24H,11-15H2. The minimum Gasteiger partial charge on any atom is -0.456 e. The normalized spacial score (nSPS) is 29.4. The molecule has 4 saturated carbocycles. The summed E-state index contributed by atoms with van der Waals surface area (Å²) in [4.78, 5) is 0. The number of rotatable bonds is 1. The average Bonchev–Trinajstić information content (AvgIpc) is 3.40. The molecule has 0 N–H and O–H groups in total. The lowest BCUT2D eigenvalue weighted by Gasteiger charge is -2.61. The zero-order chi connectivity index (χ0) is 23.6. The van der Waals surface area contributed by atoms with Gasteiger partial charge in [0.15, 0.2) is 0 Å². The van der Waals surface area contributed by atoms with Gasteiger partial charge in [-0.25, -0.2) is 0 Å². The molecule has 5 aromatic rings. The highest BCUT2D eigenvalue weighted by atomic mass is 35.5. The first kappa shape index (κ1) is 20.1. The van der Waals surface area contributed by atoms with Crippen LogP contribution in [0.15, 0.2) is 83.3 Å². The highest BCUT2D eigenvalue weighted by Crippen LogP contribution is 2.69. The lowest BCUT2D eigenvalue weighted by molar-refractivity contribution is -0.0399. The van der Waals surface area contributed by atoms with E-state index < -0.39 is 0 Å². The van der Waals surface area contributed by atoms with Crippen LogP contribution in [-0.4, -0.2) is 0 Å². The zero-order valence-electron chi connectivity index (χ0n) is 20.1. The fraction of sp³-hybridized carbons (Fsp3) is 0.294. The summed E-state index contributed by atoms with van der Waals surface area (Å²) in [5, 5.41) is 2.95. The number of furan rings is 1. The molecule has 2 heteroatoms. The van der Waals surface area contributed by atoms with E-state index in [1.165, 1.54) is 54.4 Å². The van der Waals surface area contributed by atoms with Gasteiger partial charge in [0.2, 0.25) is 0 Å². The van der Waals surface area contributed by atoms with Crippen LogP contribution in [0.2, 0.25) is 5.02 Å². The van der Waals surface area contributed by atoms with Crippen molar-refractivity contribution in [2.45, 2.75) is 37.5 Å². The van der Waals surface area contributed by atoms with Crippen LogP contribution in [0, 0.1) is 23.7 Å². The van der Waals surface area contributed by atoms with Crippen LogP contribution in [0.3, 0.4) is 0 Å². The first-order valence-electron chi connectivity index (χ1n) is 13.5. The number of benzene rings is 4. The second kappa shape index (κ2) is 6.84. The van der Waals surface area contributed by atoms with E-state index in [-0.39, 0.29) is 5.41 Å². The summed E-state index contributed by atoms with van der Waals surface area (Å²) in [7, 11) is 0. The van der Waals surface area contributed by atoms with Gasteiger partial charge in [0, 0.05) is 21.2 Å². The predicted octanol–water partition coefficient (Wildman–Crippen LogP) is 9.63. The molecule has 5 aliphatic carbocycles. The smallest absolute Gasteiger partial charge is 0.135 e. The molecule has 1 nitrogen and oxygen atoms in total. The van der Waals surface area contributed by atoms with E-state index in [2.05, 4.69) is 60.7 Å². The Hall–Kier alpha value is -3.03. The van der Waals surface area contributed by atoms with Gasteiger partial charge in [-0.3, -0.25) is 0 Å². The maximum absolute atomic E-state index is 6.33. The number of hydrogen-bond donors (Lipinski definition) is 0. The Kier molecular flexibility index (Phi) is 3.81. The van der Waals surface area contributed by atoms with Crippen LogP contribution in [0.5, 0.6) is 0 Å². The zero-order valence-corrected chi connectivity index (χ0v) is 20.9. The predicted molar refractivity (Wildman–Crippen MR) is 147 cm³/mol. The Morgan fingerprint density at radius 1 is 0.611 bits per heavy atom. The van der Waals surface area contributed by atoms with E-state index in [1.54, 1.807) is 11.1 Å². The molecule has 0 radical (unpaired) electrons. The van der Waals surface area contributed by atoms with Crippen molar-refractivity contribution in [2.24, 2.45) is 23.7 Å². The lowest BCUT2D eigenvalue weighted by Crippen LogP contribution is -2.55. The fourth-order valence-corrected chi connectivity index (χ4v) is 9.44. The molecule has 0 atom stereocenters. The van der Waals surface area contributed by atoms with Gasteiger partial charge in [-0.2, -0.15) is 0 Å². The van der Waals surface area contributed by atoms with E-state index in [0.29, 0.717) is 0 Å². The molecule has 4 aromatic carbocycles. The molecular weight excluding hydrogens is 460 g/mol. The summed E-state index contributed by atoms with van der Waals surface area (Å²) < 4.78 is 6.09. The molecule has 1 heterocycles. The molecule has 176 valence electrons. The van der Waals surface area contributed by atoms with Gasteiger partial charge in [0.25, 0.3) is 0 Å². The SMILES string of the molecule is Clc1ccc2oc3ccc(-c4ccc5c(c4)-c4ccccc4C54C5CC6CC(C5)CC4C6)cc3c2c1. The van der Waals surface area contributed by atoms with Gasteiger partial charge in [-0.1, -0.05) is 54.1 Å². The van der Waals surface area contributed by atoms with Crippen molar-refractivity contribution in [3.63, 3.8) is 0 Å². The van der Waals surface area contributed by atoms with Gasteiger partial charge >= 0.3 is 0 Å². The fourth-order valence-electron chi connectivity index (χ4n) is 9.27. The third kappa shape index (κ3) is 2.43. The molecule has 0 unspecified atom stereocenters. The highest BCUT2D eigenvalue weighted by molar-refractivity contribution is 6.31. The highest BCUT2D eigenvalue weighted by Gasteiger charge is 2.61. The molecule has 1 spiro atoms. The molecule has 36 heavy (non-hydrogen) atoms. The average molecular weight is 487 g/mol. The summed E-state index contributed by atoms with van der Waals surface area (Å²) in [6.07, 6.45) is 7.20. The molecule has 4 fully saturated rings. The van der Waals surface area contributed by atoms with E-state index in [9.17, 15) is 0 Å². The summed E-state index contributed by atoms with van der Waals surface area (Å²) in [6.45, 7) is 0. The van der Waals surface area contributed by atoms with Crippen LogP contribution >= 0.6 is 11.6 Å². The van der Waals surface area contributed by atoms with E-state index in [4.69, 9.17) is 16.0 Å². The summed E-state index contributed by atoms with van der Waals surface area (Å²) in [5.74, 6) is 3.55. The lowest BCUT2D eigenvalue weighted by atomic mass is 9.43. The molecule has 0 saturated heterocycles. The van der Waals surface area contributed by atoms with Crippen molar-refractivity contribution in [2.75, 3.05) is 0 Å². The molecule has 5 aliphatic rings. The maximum atomic E-state index is 6.33. The van der Waals surface area contributed by atoms with E-state index >= 15 is 0 Å². The van der Waals surface area contributed by atoms with Crippen molar-refractivity contribution < 1.29 is 4.42 Å². The van der Waals surface area contributed by atoms with Crippen molar-refractivity contribution in [1.29, 1.82) is 0 Å². The van der Waals surface area contributed by atoms with Crippen LogP contribution in [0.25, 0.3) is 44.2 Å². The Balaban J connectivity index is 1.24. The quantitative estimate of drug-likeness (QED) is 0.230. The number of hydrogen-bond acceptors (Lipinski definition) is 1. The first-order valence-corrected chi connectivity index (χ1v) is 13.9. The van der Waals surface area contributed by atoms with E-state index in [0.717, 1.165) is 50.6 Å². The summed E-state index contributed by atoms with van der Waals surface area (Å²) >= 11 is 6.33. The minimum atomic E-state index is 0.235. The van der Waals surface area contributed by atoms with Crippen molar-refractivity contribution in [3.05, 3.63) is 95.0 Å². The van der Waals surface area contributed by atoms with Crippen LogP contribution < -0.4 is 0 Å². The van der Waals surface area contributed by atoms with Gasteiger partial charge in [0.1, 0.15) is 11.2 Å². The Morgan fingerprint density at radius 3 is 2.06 bits per heavy atom. The summed E-state index contributed by atoms with van der Waals surface area (Å²) in [5.41, 5.74) is 10.7. The summed E-state index contributed by atoms with van der Waals surface area (Å²) in [6, 6.07) is 29.2. The molecule has 0 aliphatic heterocycles. The number of fused-ring (bicyclic) bond motifs is 6. The van der Waals surface area contributed by atoms with Gasteiger partial charge in [-0.15, -0.1) is 0 Å². The molecule has 10 rings (SSSR count). The second-order valence-electron chi connectivity index (χ2n) is 11.9. The van der Waals surface area contributed by atoms with E-state index in [1.807, 2.05) is 18.2 Å². The van der Waals surface area contributed by atoms with Crippen LogP contribution in [0.4, 0.5) is 0 Å². The third-order valence-corrected chi connectivity index (χ3v) is 10.6. The number of halogens is 1. The van der Waals surface area contributed by atoms with Crippen LogP contribution in [0.1, 0.15) is 43.2 Å². The van der Waals surface area contributed by atoms with Crippen molar-refractivity contribution in [1.82, 2.24) is 0 Å². The van der Waals surface area contributed by atoms with Gasteiger partial charge < -0.3 is 4.42 Å². The molecular formula is C34H27ClO. The third-order valence-electron chi connectivity index (χ3n) is 10.3. The second-order valence-corrected chi connectivity index (χ2v) is 12.4. The van der Waals surface area contributed by atoms with Gasteiger partial charge in [0.05, 0.1) is 0 Å². The van der Waals surface area contributed by atoms with Crippen molar-refractivity contribution >= 4 is 33.5 Å². The Morgan fingerprint density at radius 2 is 1.25 bits per heavy atom. The minimum absolute atomic E-state index is 0.235. The van der Waals surface area contributed by atoms with Gasteiger partial charge in [-0.05, 0) is 126 Å². The van der Waals surface area contributed by atoms with Crippen LogP contribution in [-0.2, 0) is 5.41 Å². The topological polar surface area (TPSA) is 13.1 Å². The molecule has 4 bridgehead atoms. The molecule has 1 aromatic heterocycles. The van der Waals surface area contributed by atoms with Crippen molar-refractivity contribution in [3.8, 4) is 22.3 Å². The molecule has 0 amide bonds. The largest absolute Gasteiger partial charge is 0.456 e. The maximum Gasteiger partial charge on any atom is 0.135 e. The monoisotopic (exact) mass is 486 g/mol. The first-order chi connectivity index (χ1) is 17.7.